The Hall–Kier alpha value is -0.610. The van der Waals surface area contributed by atoms with Gasteiger partial charge in [-0.05, 0) is 19.6 Å². The van der Waals surface area contributed by atoms with E-state index in [9.17, 15) is 0 Å². The van der Waals surface area contributed by atoms with Crippen molar-refractivity contribution in [2.45, 2.75) is 33.1 Å². The summed E-state index contributed by atoms with van der Waals surface area (Å²) in [5, 5.41) is 0. The van der Waals surface area contributed by atoms with Crippen LogP contribution in [0.4, 0.5) is 0 Å². The van der Waals surface area contributed by atoms with Gasteiger partial charge in [0, 0.05) is 23.5 Å². The molecule has 0 aliphatic heterocycles. The Morgan fingerprint density at radius 1 is 1.21 bits per heavy atom. The molecular weight excluding hydrogens is 194 g/mol. The van der Waals surface area contributed by atoms with E-state index in [4.69, 9.17) is 5.73 Å². The minimum absolute atomic E-state index is 0.527. The molecule has 0 aliphatic rings. The van der Waals surface area contributed by atoms with Crippen molar-refractivity contribution in [3.63, 3.8) is 0 Å². The molecule has 1 heterocycles. The summed E-state index contributed by atoms with van der Waals surface area (Å²) in [7, 11) is 0. The molecule has 14 heavy (non-hydrogen) atoms. The van der Waals surface area contributed by atoms with E-state index in [1.165, 1.54) is 0 Å². The SMILES string of the molecule is CCSCc1nc(C)c(CN)c(C)n1. The van der Waals surface area contributed by atoms with Crippen LogP contribution in [0.15, 0.2) is 0 Å². The highest BCUT2D eigenvalue weighted by molar-refractivity contribution is 7.98. The molecule has 78 valence electrons. The average molecular weight is 211 g/mol. The summed E-state index contributed by atoms with van der Waals surface area (Å²) in [5.41, 5.74) is 8.74. The summed E-state index contributed by atoms with van der Waals surface area (Å²) < 4.78 is 0. The molecule has 1 aromatic rings. The Bertz CT molecular complexity index is 289. The van der Waals surface area contributed by atoms with E-state index in [1.54, 1.807) is 0 Å². The van der Waals surface area contributed by atoms with Crippen LogP contribution in [0.2, 0.25) is 0 Å². The minimum atomic E-state index is 0.527. The van der Waals surface area contributed by atoms with E-state index in [0.29, 0.717) is 6.54 Å². The predicted molar refractivity (Wildman–Crippen MR) is 61.2 cm³/mol. The van der Waals surface area contributed by atoms with Crippen LogP contribution in [0.3, 0.4) is 0 Å². The Morgan fingerprint density at radius 3 is 2.21 bits per heavy atom. The zero-order valence-electron chi connectivity index (χ0n) is 9.00. The lowest BCUT2D eigenvalue weighted by Crippen LogP contribution is -2.08. The smallest absolute Gasteiger partial charge is 0.138 e. The molecule has 4 heteroatoms. The summed E-state index contributed by atoms with van der Waals surface area (Å²) in [5.74, 6) is 2.91. The first-order valence-electron chi connectivity index (χ1n) is 4.79. The molecular formula is C10H17N3S. The lowest BCUT2D eigenvalue weighted by molar-refractivity contribution is 0.891. The number of aromatic nitrogens is 2. The third kappa shape index (κ3) is 2.69. The first kappa shape index (κ1) is 11.5. The number of hydrogen-bond acceptors (Lipinski definition) is 4. The maximum absolute atomic E-state index is 5.62. The second-order valence-corrected chi connectivity index (χ2v) is 4.40. The van der Waals surface area contributed by atoms with Crippen LogP contribution in [-0.2, 0) is 12.3 Å². The van der Waals surface area contributed by atoms with Crippen LogP contribution in [0.25, 0.3) is 0 Å². The van der Waals surface area contributed by atoms with Crippen LogP contribution in [0.5, 0.6) is 0 Å². The Labute approximate surface area is 89.5 Å². The zero-order chi connectivity index (χ0) is 10.6. The van der Waals surface area contributed by atoms with Gasteiger partial charge >= 0.3 is 0 Å². The Morgan fingerprint density at radius 2 is 1.79 bits per heavy atom. The van der Waals surface area contributed by atoms with Crippen molar-refractivity contribution >= 4 is 11.8 Å². The number of hydrogen-bond donors (Lipinski definition) is 1. The van der Waals surface area contributed by atoms with Crippen molar-refractivity contribution in [2.75, 3.05) is 5.75 Å². The second kappa shape index (κ2) is 5.32. The highest BCUT2D eigenvalue weighted by Crippen LogP contribution is 2.13. The standard InChI is InChI=1S/C10H17N3S/c1-4-14-6-10-12-7(2)9(5-11)8(3)13-10/h4-6,11H2,1-3H3. The van der Waals surface area contributed by atoms with Crippen molar-refractivity contribution in [1.29, 1.82) is 0 Å². The molecule has 2 N–H and O–H groups in total. The molecule has 0 amide bonds. The molecule has 3 nitrogen and oxygen atoms in total. The quantitative estimate of drug-likeness (QED) is 0.825. The molecule has 1 aromatic heterocycles. The zero-order valence-corrected chi connectivity index (χ0v) is 9.82. The van der Waals surface area contributed by atoms with Crippen LogP contribution >= 0.6 is 11.8 Å². The van der Waals surface area contributed by atoms with Gasteiger partial charge in [-0.25, -0.2) is 9.97 Å². The van der Waals surface area contributed by atoms with Gasteiger partial charge in [-0.2, -0.15) is 11.8 Å². The summed E-state index contributed by atoms with van der Waals surface area (Å²) in [6.07, 6.45) is 0. The molecule has 0 bridgehead atoms. The third-order valence-corrected chi connectivity index (χ3v) is 2.98. The van der Waals surface area contributed by atoms with E-state index in [-0.39, 0.29) is 0 Å². The van der Waals surface area contributed by atoms with Gasteiger partial charge in [0.25, 0.3) is 0 Å². The van der Waals surface area contributed by atoms with Crippen molar-refractivity contribution in [1.82, 2.24) is 9.97 Å². The fraction of sp³-hybridized carbons (Fsp3) is 0.600. The number of nitrogens with two attached hydrogens (primary N) is 1. The predicted octanol–water partition coefficient (Wildman–Crippen LogP) is 1.81. The summed E-state index contributed by atoms with van der Waals surface area (Å²) in [6, 6.07) is 0. The largest absolute Gasteiger partial charge is 0.326 e. The average Bonchev–Trinajstić information content (AvgIpc) is 2.14. The number of rotatable bonds is 4. The van der Waals surface area contributed by atoms with Gasteiger partial charge in [0.1, 0.15) is 5.82 Å². The summed E-state index contributed by atoms with van der Waals surface area (Å²) in [4.78, 5) is 8.86. The van der Waals surface area contributed by atoms with Crippen molar-refractivity contribution in [3.05, 3.63) is 22.8 Å². The fourth-order valence-electron chi connectivity index (χ4n) is 1.36. The maximum Gasteiger partial charge on any atom is 0.138 e. The number of aryl methyl sites for hydroxylation is 2. The third-order valence-electron chi connectivity index (χ3n) is 2.11. The lowest BCUT2D eigenvalue weighted by atomic mass is 10.2. The van der Waals surface area contributed by atoms with E-state index in [1.807, 2.05) is 25.6 Å². The van der Waals surface area contributed by atoms with Gasteiger partial charge in [0.2, 0.25) is 0 Å². The van der Waals surface area contributed by atoms with Crippen molar-refractivity contribution < 1.29 is 0 Å². The molecule has 0 aliphatic carbocycles. The van der Waals surface area contributed by atoms with E-state index in [0.717, 1.165) is 34.3 Å². The lowest BCUT2D eigenvalue weighted by Gasteiger charge is -2.08. The first-order chi connectivity index (χ1) is 6.69. The maximum atomic E-state index is 5.62. The molecule has 0 fully saturated rings. The highest BCUT2D eigenvalue weighted by atomic mass is 32.2. The van der Waals surface area contributed by atoms with E-state index >= 15 is 0 Å². The van der Waals surface area contributed by atoms with Gasteiger partial charge in [-0.3, -0.25) is 0 Å². The monoisotopic (exact) mass is 211 g/mol. The van der Waals surface area contributed by atoms with Gasteiger partial charge in [-0.1, -0.05) is 6.92 Å². The molecule has 0 radical (unpaired) electrons. The Kier molecular flexibility index (Phi) is 4.35. The van der Waals surface area contributed by atoms with Crippen LogP contribution in [0.1, 0.15) is 29.7 Å². The fourth-order valence-corrected chi connectivity index (χ4v) is 1.88. The molecule has 1 rings (SSSR count). The van der Waals surface area contributed by atoms with Gasteiger partial charge in [-0.15, -0.1) is 0 Å². The molecule has 0 atom stereocenters. The van der Waals surface area contributed by atoms with Crippen LogP contribution < -0.4 is 5.73 Å². The molecule has 0 unspecified atom stereocenters. The van der Waals surface area contributed by atoms with Crippen molar-refractivity contribution in [3.8, 4) is 0 Å². The van der Waals surface area contributed by atoms with Gasteiger partial charge < -0.3 is 5.73 Å². The van der Waals surface area contributed by atoms with Crippen LogP contribution in [0, 0.1) is 13.8 Å². The normalized spacial score (nSPS) is 10.6. The highest BCUT2D eigenvalue weighted by Gasteiger charge is 2.06. The number of thioether (sulfide) groups is 1. The van der Waals surface area contributed by atoms with Crippen molar-refractivity contribution in [2.24, 2.45) is 5.73 Å². The summed E-state index contributed by atoms with van der Waals surface area (Å²) in [6.45, 7) is 6.66. The summed E-state index contributed by atoms with van der Waals surface area (Å²) >= 11 is 1.84. The number of nitrogens with zero attached hydrogens (tertiary/aromatic N) is 2. The Balaban J connectivity index is 2.90. The van der Waals surface area contributed by atoms with E-state index < -0.39 is 0 Å². The molecule has 0 spiro atoms. The van der Waals surface area contributed by atoms with Crippen LogP contribution in [-0.4, -0.2) is 15.7 Å². The van der Waals surface area contributed by atoms with E-state index in [2.05, 4.69) is 16.9 Å². The van der Waals surface area contributed by atoms with Gasteiger partial charge in [0.05, 0.1) is 5.75 Å². The molecule has 0 aromatic carbocycles. The van der Waals surface area contributed by atoms with Gasteiger partial charge in [0.15, 0.2) is 0 Å². The molecule has 0 saturated carbocycles. The molecule has 0 saturated heterocycles. The first-order valence-corrected chi connectivity index (χ1v) is 5.95. The minimum Gasteiger partial charge on any atom is -0.326 e. The second-order valence-electron chi connectivity index (χ2n) is 3.13. The topological polar surface area (TPSA) is 51.8 Å².